The van der Waals surface area contributed by atoms with Crippen molar-refractivity contribution in [1.29, 1.82) is 0 Å². The molecule has 1 aliphatic rings. The molecule has 6 rings (SSSR count). The molecule has 0 N–H and O–H groups in total. The van der Waals surface area contributed by atoms with E-state index >= 15 is 0 Å². The van der Waals surface area contributed by atoms with Gasteiger partial charge >= 0.3 is 0 Å². The van der Waals surface area contributed by atoms with Gasteiger partial charge in [-0.3, -0.25) is 9.59 Å². The Kier molecular flexibility index (Phi) is 5.51. The predicted octanol–water partition coefficient (Wildman–Crippen LogP) is 5.23. The molecule has 0 aliphatic carbocycles. The number of anilines is 1. The van der Waals surface area contributed by atoms with E-state index < -0.39 is 0 Å². The normalized spacial score (nSPS) is 15.0. The van der Waals surface area contributed by atoms with Crippen molar-refractivity contribution in [3.05, 3.63) is 109 Å². The first-order valence-corrected chi connectivity index (χ1v) is 13.1. The van der Waals surface area contributed by atoms with E-state index in [1.54, 1.807) is 17.0 Å². The minimum absolute atomic E-state index is 0.0420. The second-order valence-corrected chi connectivity index (χ2v) is 11.5. The van der Waals surface area contributed by atoms with Gasteiger partial charge in [-0.05, 0) is 34.7 Å². The number of rotatable bonds is 3. The van der Waals surface area contributed by atoms with E-state index in [-0.39, 0.29) is 16.9 Å². The summed E-state index contributed by atoms with van der Waals surface area (Å²) in [6, 6.07) is 23.0. The second kappa shape index (κ2) is 8.64. The van der Waals surface area contributed by atoms with E-state index in [0.29, 0.717) is 32.5 Å². The minimum Gasteiger partial charge on any atom is -0.303 e. The molecule has 0 radical (unpaired) electrons. The number of carbonyl (C=O) groups excluding carboxylic acids is 1. The monoisotopic (exact) mass is 526 g/mol. The number of nitrogens with zero attached hydrogens (tertiary/aromatic N) is 4. The third-order valence-electron chi connectivity index (χ3n) is 6.57. The van der Waals surface area contributed by atoms with Crippen LogP contribution in [0.4, 0.5) is 5.69 Å². The SMILES string of the molecule is CC(C)(C)c1ccc(-c2nc3sc(=C4C(=O)N(Cc5ccc(Cl)cc5)c5ccccc54)c(=O)n3n2)cc1. The van der Waals surface area contributed by atoms with Gasteiger partial charge in [0.2, 0.25) is 4.96 Å². The third-order valence-corrected chi connectivity index (χ3v) is 7.85. The summed E-state index contributed by atoms with van der Waals surface area (Å²) >= 11 is 7.23. The molecule has 6 nitrogen and oxygen atoms in total. The van der Waals surface area contributed by atoms with Gasteiger partial charge in [-0.2, -0.15) is 9.50 Å². The van der Waals surface area contributed by atoms with Crippen molar-refractivity contribution < 1.29 is 4.79 Å². The summed E-state index contributed by atoms with van der Waals surface area (Å²) in [5.41, 5.74) is 4.60. The number of benzene rings is 3. The van der Waals surface area contributed by atoms with Crippen molar-refractivity contribution >= 4 is 45.1 Å². The van der Waals surface area contributed by atoms with E-state index in [2.05, 4.69) is 43.0 Å². The highest BCUT2D eigenvalue weighted by Gasteiger charge is 2.34. The molecule has 2 aromatic heterocycles. The van der Waals surface area contributed by atoms with E-state index in [1.165, 1.54) is 21.4 Å². The van der Waals surface area contributed by atoms with E-state index in [9.17, 15) is 9.59 Å². The molecule has 3 aromatic carbocycles. The summed E-state index contributed by atoms with van der Waals surface area (Å²) in [6.07, 6.45) is 0. The van der Waals surface area contributed by atoms with Gasteiger partial charge in [0.05, 0.1) is 17.8 Å². The molecule has 37 heavy (non-hydrogen) atoms. The van der Waals surface area contributed by atoms with Gasteiger partial charge in [0, 0.05) is 16.1 Å². The highest BCUT2D eigenvalue weighted by atomic mass is 35.5. The standard InChI is InChI=1S/C29H23ClN4O2S/c1-29(2,3)19-12-10-18(11-13-19)25-31-28-34(32-25)27(36)24(37-28)23-21-6-4-5-7-22(21)33(26(23)35)16-17-8-14-20(30)15-9-17/h4-15H,16H2,1-3H3. The van der Waals surface area contributed by atoms with Gasteiger partial charge < -0.3 is 4.90 Å². The lowest BCUT2D eigenvalue weighted by Crippen LogP contribution is -2.32. The minimum atomic E-state index is -0.337. The predicted molar refractivity (Wildman–Crippen MR) is 148 cm³/mol. The molecule has 184 valence electrons. The Hall–Kier alpha value is -3.81. The maximum atomic E-state index is 13.7. The molecule has 0 saturated carbocycles. The smallest absolute Gasteiger partial charge is 0.291 e. The molecule has 1 aliphatic heterocycles. The molecular formula is C29H23ClN4O2S. The molecule has 0 bridgehead atoms. The van der Waals surface area contributed by atoms with Gasteiger partial charge in [0.25, 0.3) is 11.5 Å². The van der Waals surface area contributed by atoms with Crippen LogP contribution in [0.5, 0.6) is 0 Å². The zero-order valence-electron chi connectivity index (χ0n) is 20.5. The second-order valence-electron chi connectivity index (χ2n) is 10.1. The number of hydrogen-bond acceptors (Lipinski definition) is 5. The van der Waals surface area contributed by atoms with Gasteiger partial charge in [-0.15, -0.1) is 5.10 Å². The molecule has 0 atom stereocenters. The first-order valence-electron chi connectivity index (χ1n) is 11.9. The molecule has 1 amide bonds. The number of carbonyl (C=O) groups is 1. The van der Waals surface area contributed by atoms with Crippen LogP contribution in [-0.2, 0) is 16.8 Å². The van der Waals surface area contributed by atoms with Crippen LogP contribution < -0.4 is 15.0 Å². The molecule has 0 fully saturated rings. The quantitative estimate of drug-likeness (QED) is 0.323. The largest absolute Gasteiger partial charge is 0.303 e. The zero-order chi connectivity index (χ0) is 25.9. The Labute approximate surface area is 222 Å². The molecule has 0 saturated heterocycles. The van der Waals surface area contributed by atoms with Gasteiger partial charge in [0.1, 0.15) is 4.53 Å². The number of fused-ring (bicyclic) bond motifs is 2. The Bertz CT molecular complexity index is 1780. The lowest BCUT2D eigenvalue weighted by atomic mass is 9.87. The summed E-state index contributed by atoms with van der Waals surface area (Å²) in [5, 5.41) is 5.13. The zero-order valence-corrected chi connectivity index (χ0v) is 22.1. The highest BCUT2D eigenvalue weighted by Crippen LogP contribution is 2.36. The number of aromatic nitrogens is 3. The summed E-state index contributed by atoms with van der Waals surface area (Å²) < 4.78 is 1.65. The highest BCUT2D eigenvalue weighted by molar-refractivity contribution is 7.15. The summed E-state index contributed by atoms with van der Waals surface area (Å²) in [6.45, 7) is 6.86. The number of amides is 1. The fourth-order valence-electron chi connectivity index (χ4n) is 4.56. The van der Waals surface area contributed by atoms with Crippen molar-refractivity contribution in [2.45, 2.75) is 32.7 Å². The number of thiazole rings is 1. The number of hydrogen-bond donors (Lipinski definition) is 0. The molecule has 8 heteroatoms. The van der Waals surface area contributed by atoms with E-state index in [0.717, 1.165) is 22.4 Å². The maximum Gasteiger partial charge on any atom is 0.291 e. The van der Waals surface area contributed by atoms with E-state index in [1.807, 2.05) is 48.5 Å². The van der Waals surface area contributed by atoms with Crippen molar-refractivity contribution in [2.24, 2.45) is 0 Å². The van der Waals surface area contributed by atoms with Gasteiger partial charge in [0.15, 0.2) is 5.82 Å². The molecule has 0 unspecified atom stereocenters. The first-order chi connectivity index (χ1) is 17.7. The van der Waals surface area contributed by atoms with Crippen LogP contribution in [0.1, 0.15) is 37.5 Å². The first kappa shape index (κ1) is 23.6. The van der Waals surface area contributed by atoms with Crippen LogP contribution in [0.25, 0.3) is 21.9 Å². The fraction of sp³-hybridized carbons (Fsp3) is 0.172. The van der Waals surface area contributed by atoms with Gasteiger partial charge in [-0.25, -0.2) is 0 Å². The average molecular weight is 527 g/mol. The number of para-hydroxylation sites is 1. The van der Waals surface area contributed by atoms with Crippen LogP contribution in [-0.4, -0.2) is 20.5 Å². The van der Waals surface area contributed by atoms with Crippen LogP contribution in [0.15, 0.2) is 77.6 Å². The molecule has 0 spiro atoms. The van der Waals surface area contributed by atoms with E-state index in [4.69, 9.17) is 11.6 Å². The maximum absolute atomic E-state index is 13.7. The molecular weight excluding hydrogens is 504 g/mol. The molecule has 5 aromatic rings. The van der Waals surface area contributed by atoms with Crippen molar-refractivity contribution in [1.82, 2.24) is 14.6 Å². The Morgan fingerprint density at radius 2 is 1.62 bits per heavy atom. The summed E-state index contributed by atoms with van der Waals surface area (Å²) in [4.78, 5) is 33.9. The van der Waals surface area contributed by atoms with Crippen molar-refractivity contribution in [2.75, 3.05) is 4.90 Å². The summed E-state index contributed by atoms with van der Waals surface area (Å²) in [5.74, 6) is 0.276. The Morgan fingerprint density at radius 3 is 2.30 bits per heavy atom. The van der Waals surface area contributed by atoms with Crippen LogP contribution >= 0.6 is 22.9 Å². The average Bonchev–Trinajstić information content (AvgIpc) is 3.51. The summed E-state index contributed by atoms with van der Waals surface area (Å²) in [7, 11) is 0. The van der Waals surface area contributed by atoms with Crippen molar-refractivity contribution in [3.63, 3.8) is 0 Å². The topological polar surface area (TPSA) is 67.6 Å². The third kappa shape index (κ3) is 4.04. The number of halogens is 1. The van der Waals surface area contributed by atoms with Crippen molar-refractivity contribution in [3.8, 4) is 11.4 Å². The van der Waals surface area contributed by atoms with Crippen LogP contribution in [0.2, 0.25) is 5.02 Å². The van der Waals surface area contributed by atoms with Gasteiger partial charge in [-0.1, -0.05) is 98.3 Å². The lowest BCUT2D eigenvalue weighted by Gasteiger charge is -2.18. The molecule has 3 heterocycles. The Morgan fingerprint density at radius 1 is 0.919 bits per heavy atom. The van der Waals surface area contributed by atoms with Crippen LogP contribution in [0.3, 0.4) is 0 Å². The Balaban J connectivity index is 1.43. The fourth-order valence-corrected chi connectivity index (χ4v) is 5.68. The van der Waals surface area contributed by atoms with Crippen LogP contribution in [0, 0.1) is 0 Å². The lowest BCUT2D eigenvalue weighted by molar-refractivity contribution is -0.113.